The zero-order valence-corrected chi connectivity index (χ0v) is 18.3. The van der Waals surface area contributed by atoms with Crippen LogP contribution in [0.25, 0.3) is 0 Å². The molecule has 2 N–H and O–H groups in total. The highest BCUT2D eigenvalue weighted by Gasteiger charge is 2.16. The first kappa shape index (κ1) is 21.2. The van der Waals surface area contributed by atoms with Gasteiger partial charge in [-0.15, -0.1) is 11.8 Å². The molecule has 2 heterocycles. The molecular formula is C22H28ClN3OS. The molecule has 1 aromatic carbocycles. The summed E-state index contributed by atoms with van der Waals surface area (Å²) in [5.41, 5.74) is 4.34. The second-order valence-electron chi connectivity index (χ2n) is 8.33. The van der Waals surface area contributed by atoms with E-state index >= 15 is 0 Å². The van der Waals surface area contributed by atoms with Crippen molar-refractivity contribution in [3.8, 4) is 0 Å². The molecular weight excluding hydrogens is 390 g/mol. The topological polar surface area (TPSA) is 54.0 Å². The smallest absolute Gasteiger partial charge is 0.252 e. The number of rotatable bonds is 5. The van der Waals surface area contributed by atoms with Crippen molar-refractivity contribution in [2.24, 2.45) is 5.41 Å². The maximum Gasteiger partial charge on any atom is 0.252 e. The van der Waals surface area contributed by atoms with Crippen LogP contribution in [-0.4, -0.2) is 30.5 Å². The van der Waals surface area contributed by atoms with E-state index < -0.39 is 0 Å². The number of nitrogens with zero attached hydrogens (tertiary/aromatic N) is 1. The van der Waals surface area contributed by atoms with E-state index in [4.69, 9.17) is 11.6 Å². The number of carbonyl (C=O) groups is 1. The molecule has 6 heteroatoms. The molecule has 1 aliphatic heterocycles. The van der Waals surface area contributed by atoms with Crippen molar-refractivity contribution in [3.05, 3.63) is 57.9 Å². The van der Waals surface area contributed by atoms with Gasteiger partial charge in [0.25, 0.3) is 5.91 Å². The summed E-state index contributed by atoms with van der Waals surface area (Å²) in [7, 11) is 0. The number of benzene rings is 1. The summed E-state index contributed by atoms with van der Waals surface area (Å²) < 4.78 is 0. The van der Waals surface area contributed by atoms with E-state index in [2.05, 4.69) is 42.5 Å². The number of carbonyl (C=O) groups excluding carboxylic acids is 1. The lowest BCUT2D eigenvalue weighted by Gasteiger charge is -2.18. The highest BCUT2D eigenvalue weighted by atomic mass is 35.5. The van der Waals surface area contributed by atoms with Gasteiger partial charge in [0.15, 0.2) is 0 Å². The zero-order chi connectivity index (χ0) is 20.1. The quantitative estimate of drug-likeness (QED) is 0.703. The van der Waals surface area contributed by atoms with Crippen molar-refractivity contribution < 1.29 is 4.79 Å². The molecule has 0 fully saturated rings. The van der Waals surface area contributed by atoms with Crippen LogP contribution in [0.15, 0.2) is 35.4 Å². The van der Waals surface area contributed by atoms with Crippen LogP contribution < -0.4 is 10.6 Å². The first-order valence-corrected chi connectivity index (χ1v) is 11.1. The third-order valence-electron chi connectivity index (χ3n) is 4.66. The largest absolute Gasteiger partial charge is 0.351 e. The van der Waals surface area contributed by atoms with E-state index in [1.165, 1.54) is 11.1 Å². The Kier molecular flexibility index (Phi) is 7.02. The molecule has 0 spiro atoms. The van der Waals surface area contributed by atoms with E-state index in [9.17, 15) is 4.79 Å². The molecule has 0 saturated heterocycles. The molecule has 0 atom stereocenters. The first-order chi connectivity index (χ1) is 13.3. The van der Waals surface area contributed by atoms with Crippen LogP contribution in [-0.2, 0) is 18.6 Å². The molecule has 3 rings (SSSR count). The van der Waals surface area contributed by atoms with Gasteiger partial charge in [0.2, 0.25) is 0 Å². The maximum absolute atomic E-state index is 12.2. The van der Waals surface area contributed by atoms with E-state index in [0.29, 0.717) is 12.1 Å². The average molecular weight is 418 g/mol. The van der Waals surface area contributed by atoms with Gasteiger partial charge in [-0.25, -0.2) is 0 Å². The Morgan fingerprint density at radius 1 is 1.21 bits per heavy atom. The molecule has 0 unspecified atom stereocenters. The second-order valence-corrected chi connectivity index (χ2v) is 9.73. The Bertz CT molecular complexity index is 831. The summed E-state index contributed by atoms with van der Waals surface area (Å²) in [6.45, 7) is 8.92. The van der Waals surface area contributed by atoms with Gasteiger partial charge >= 0.3 is 0 Å². The van der Waals surface area contributed by atoms with Crippen molar-refractivity contribution in [1.29, 1.82) is 0 Å². The van der Waals surface area contributed by atoms with E-state index in [1.807, 2.05) is 18.2 Å². The number of hydrogen-bond acceptors (Lipinski definition) is 4. The molecule has 0 radical (unpaired) electrons. The Morgan fingerprint density at radius 3 is 2.71 bits per heavy atom. The standard InChI is InChI=1S/C22H28ClN3OS/c1-22(2,3)14-26-21(27)16-4-6-17(25-12-16)13-28-20-18-9-11-24-10-8-15(18)5-7-19(20)23/h4-7,12,24H,8-11,13-14H2,1-3H3,(H,26,27). The minimum absolute atomic E-state index is 0.0577. The monoisotopic (exact) mass is 417 g/mol. The Morgan fingerprint density at radius 2 is 2.00 bits per heavy atom. The zero-order valence-electron chi connectivity index (χ0n) is 16.8. The van der Waals surface area contributed by atoms with Gasteiger partial charge in [-0.2, -0.15) is 0 Å². The van der Waals surface area contributed by atoms with Gasteiger partial charge in [-0.1, -0.05) is 38.4 Å². The minimum atomic E-state index is -0.0782. The first-order valence-electron chi connectivity index (χ1n) is 9.70. The number of fused-ring (bicyclic) bond motifs is 1. The molecule has 0 aliphatic carbocycles. The van der Waals surface area contributed by atoms with Crippen molar-refractivity contribution in [2.75, 3.05) is 19.6 Å². The summed E-state index contributed by atoms with van der Waals surface area (Å²) in [4.78, 5) is 17.9. The average Bonchev–Trinajstić information content (AvgIpc) is 2.91. The molecule has 0 bridgehead atoms. The summed E-state index contributed by atoms with van der Waals surface area (Å²) in [5, 5.41) is 7.21. The lowest BCUT2D eigenvalue weighted by Crippen LogP contribution is -2.32. The van der Waals surface area contributed by atoms with Gasteiger partial charge < -0.3 is 10.6 Å². The number of nitrogens with one attached hydrogen (secondary N) is 2. The summed E-state index contributed by atoms with van der Waals surface area (Å²) in [6, 6.07) is 7.93. The SMILES string of the molecule is CC(C)(C)CNC(=O)c1ccc(CSc2c(Cl)ccc3c2CCNCC3)nc1. The van der Waals surface area contributed by atoms with Crippen LogP contribution in [0.1, 0.15) is 48.0 Å². The lowest BCUT2D eigenvalue weighted by atomic mass is 9.97. The van der Waals surface area contributed by atoms with Crippen LogP contribution in [0.4, 0.5) is 0 Å². The van der Waals surface area contributed by atoms with Gasteiger partial charge in [0.1, 0.15) is 0 Å². The van der Waals surface area contributed by atoms with E-state index in [1.54, 1.807) is 18.0 Å². The van der Waals surface area contributed by atoms with E-state index in [-0.39, 0.29) is 11.3 Å². The van der Waals surface area contributed by atoms with Gasteiger partial charge in [0.05, 0.1) is 16.3 Å². The van der Waals surface area contributed by atoms with Crippen LogP contribution in [0, 0.1) is 5.41 Å². The summed E-state index contributed by atoms with van der Waals surface area (Å²) >= 11 is 8.23. The number of amides is 1. The maximum atomic E-state index is 12.2. The molecule has 1 amide bonds. The molecule has 1 aromatic heterocycles. The highest BCUT2D eigenvalue weighted by molar-refractivity contribution is 7.98. The third kappa shape index (κ3) is 5.72. The lowest BCUT2D eigenvalue weighted by molar-refractivity contribution is 0.0939. The molecule has 0 saturated carbocycles. The predicted octanol–water partition coefficient (Wildman–Crippen LogP) is 4.49. The Labute approximate surface area is 176 Å². The fraction of sp³-hybridized carbons (Fsp3) is 0.455. The molecule has 1 aliphatic rings. The van der Waals surface area contributed by atoms with Gasteiger partial charge in [-0.3, -0.25) is 9.78 Å². The van der Waals surface area contributed by atoms with Crippen molar-refractivity contribution in [3.63, 3.8) is 0 Å². The molecule has 4 nitrogen and oxygen atoms in total. The Hall–Kier alpha value is -1.56. The normalized spacial score (nSPS) is 14.3. The summed E-state index contributed by atoms with van der Waals surface area (Å²) in [5.74, 6) is 0.651. The number of thioether (sulfide) groups is 1. The van der Waals surface area contributed by atoms with Crippen LogP contribution in [0.5, 0.6) is 0 Å². The van der Waals surface area contributed by atoms with Crippen molar-refractivity contribution in [2.45, 2.75) is 44.3 Å². The van der Waals surface area contributed by atoms with Gasteiger partial charge in [0, 0.05) is 23.4 Å². The number of pyridine rings is 1. The molecule has 2 aromatic rings. The van der Waals surface area contributed by atoms with Crippen LogP contribution >= 0.6 is 23.4 Å². The number of hydrogen-bond donors (Lipinski definition) is 2. The fourth-order valence-corrected chi connectivity index (χ4v) is 4.52. The van der Waals surface area contributed by atoms with Crippen molar-refractivity contribution >= 4 is 29.3 Å². The Balaban J connectivity index is 1.65. The van der Waals surface area contributed by atoms with Crippen LogP contribution in [0.2, 0.25) is 5.02 Å². The third-order valence-corrected chi connectivity index (χ3v) is 6.29. The summed E-state index contributed by atoms with van der Waals surface area (Å²) in [6.07, 6.45) is 3.69. The highest BCUT2D eigenvalue weighted by Crippen LogP contribution is 2.35. The second kappa shape index (κ2) is 9.29. The molecule has 150 valence electrons. The number of aromatic nitrogens is 1. The van der Waals surface area contributed by atoms with Crippen molar-refractivity contribution in [1.82, 2.24) is 15.6 Å². The fourth-order valence-electron chi connectivity index (χ4n) is 3.10. The predicted molar refractivity (Wildman–Crippen MR) is 117 cm³/mol. The number of halogens is 1. The van der Waals surface area contributed by atoms with E-state index in [0.717, 1.165) is 47.3 Å². The van der Waals surface area contributed by atoms with Gasteiger partial charge in [-0.05, 0) is 60.7 Å². The van der Waals surface area contributed by atoms with Crippen LogP contribution in [0.3, 0.4) is 0 Å². The minimum Gasteiger partial charge on any atom is -0.351 e. The molecule has 28 heavy (non-hydrogen) atoms.